The van der Waals surface area contributed by atoms with E-state index in [9.17, 15) is 9.36 Å². The fourth-order valence-corrected chi connectivity index (χ4v) is 4.35. The molecule has 0 aliphatic carbocycles. The summed E-state index contributed by atoms with van der Waals surface area (Å²) in [6, 6.07) is 4.83. The monoisotopic (exact) mass is 333 g/mol. The van der Waals surface area contributed by atoms with Gasteiger partial charge in [0.1, 0.15) is 5.56 Å². The van der Waals surface area contributed by atoms with Gasteiger partial charge in [-0.05, 0) is 24.0 Å². The Morgan fingerprint density at radius 2 is 1.75 bits per heavy atom. The predicted molar refractivity (Wildman–Crippen MR) is 86.5 cm³/mol. The van der Waals surface area contributed by atoms with E-state index in [0.717, 1.165) is 6.42 Å². The van der Waals surface area contributed by atoms with Gasteiger partial charge >= 0.3 is 13.3 Å². The molecule has 5 heteroatoms. The molecule has 1 aromatic rings. The fourth-order valence-electron chi connectivity index (χ4n) is 2.30. The predicted octanol–water partition coefficient (Wildman–Crippen LogP) is 6.03. The highest BCUT2D eigenvalue weighted by Gasteiger charge is 2.35. The van der Waals surface area contributed by atoms with E-state index >= 15 is 0 Å². The van der Waals surface area contributed by atoms with Crippen LogP contribution in [0.25, 0.3) is 0 Å². The number of hydrogen-bond acceptors (Lipinski definition) is 2. The molecule has 2 unspecified atom stereocenters. The molecule has 0 heterocycles. The Balaban J connectivity index is 2.81. The molecule has 0 saturated carbocycles. The van der Waals surface area contributed by atoms with Gasteiger partial charge in [0.15, 0.2) is 6.16 Å². The molecule has 0 aromatic heterocycles. The highest BCUT2D eigenvalue weighted by atomic mass is 35.5. The lowest BCUT2D eigenvalue weighted by atomic mass is 9.86. The number of carbonyl (C=O) groups is 1. The molecular weight excluding hydrogens is 314 g/mol. The normalized spacial score (nSPS) is 14.0. The highest BCUT2D eigenvalue weighted by molar-refractivity contribution is 7.64. The molecular formula is C15H20Cl2O2P+. The lowest BCUT2D eigenvalue weighted by molar-refractivity contribution is 0.107. The summed E-state index contributed by atoms with van der Waals surface area (Å²) in [5, 5.41) is 0.517. The van der Waals surface area contributed by atoms with Crippen molar-refractivity contribution < 1.29 is 9.36 Å². The molecule has 0 amide bonds. The van der Waals surface area contributed by atoms with Crippen molar-refractivity contribution in [2.75, 3.05) is 6.16 Å². The third-order valence-electron chi connectivity index (χ3n) is 2.84. The lowest BCUT2D eigenvalue weighted by Gasteiger charge is -2.20. The second-order valence-electron chi connectivity index (χ2n) is 6.33. The molecule has 0 spiro atoms. The Bertz CT molecular complexity index is 501. The zero-order valence-corrected chi connectivity index (χ0v) is 14.6. The topological polar surface area (TPSA) is 34.1 Å². The minimum absolute atomic E-state index is 0.153. The van der Waals surface area contributed by atoms with Gasteiger partial charge < -0.3 is 0 Å². The van der Waals surface area contributed by atoms with Crippen molar-refractivity contribution in [2.24, 2.45) is 11.3 Å². The maximum Gasteiger partial charge on any atom is 0.420 e. The van der Waals surface area contributed by atoms with Crippen LogP contribution < -0.4 is 0 Å². The van der Waals surface area contributed by atoms with Gasteiger partial charge in [0.05, 0.1) is 10.0 Å². The van der Waals surface area contributed by atoms with Crippen molar-refractivity contribution in [1.82, 2.24) is 0 Å². The maximum atomic E-state index is 12.2. The third kappa shape index (κ3) is 5.16. The molecule has 0 saturated heterocycles. The first-order chi connectivity index (χ1) is 9.11. The van der Waals surface area contributed by atoms with E-state index < -0.39 is 13.3 Å². The molecule has 110 valence electrons. The number of carbonyl (C=O) groups excluding carboxylic acids is 1. The van der Waals surface area contributed by atoms with Gasteiger partial charge in [-0.1, -0.05) is 61.5 Å². The zero-order chi connectivity index (χ0) is 15.5. The molecule has 2 atom stereocenters. The lowest BCUT2D eigenvalue weighted by Crippen LogP contribution is -2.13. The van der Waals surface area contributed by atoms with Gasteiger partial charge in [-0.25, -0.2) is 4.79 Å². The van der Waals surface area contributed by atoms with E-state index in [4.69, 9.17) is 23.2 Å². The van der Waals surface area contributed by atoms with E-state index in [2.05, 4.69) is 20.8 Å². The summed E-state index contributed by atoms with van der Waals surface area (Å²) in [5.74, 6) is 0.212. The summed E-state index contributed by atoms with van der Waals surface area (Å²) >= 11 is 12.0. The largest absolute Gasteiger partial charge is 0.420 e. The number of hydrogen-bond donors (Lipinski definition) is 0. The summed E-state index contributed by atoms with van der Waals surface area (Å²) in [6.07, 6.45) is 1.28. The van der Waals surface area contributed by atoms with Crippen molar-refractivity contribution in [3.8, 4) is 0 Å². The summed E-state index contributed by atoms with van der Waals surface area (Å²) in [5.41, 5.74) is -0.114. The van der Waals surface area contributed by atoms with Crippen LogP contribution in [0, 0.1) is 11.3 Å². The van der Waals surface area contributed by atoms with E-state index in [1.54, 1.807) is 18.2 Å². The maximum absolute atomic E-state index is 12.2. The quantitative estimate of drug-likeness (QED) is 0.616. The van der Waals surface area contributed by atoms with Crippen LogP contribution >= 0.6 is 31.0 Å². The van der Waals surface area contributed by atoms with Crippen molar-refractivity contribution in [3.63, 3.8) is 0 Å². The molecule has 1 rings (SSSR count). The Morgan fingerprint density at radius 3 is 2.20 bits per heavy atom. The Morgan fingerprint density at radius 1 is 1.25 bits per heavy atom. The number of halogens is 2. The Labute approximate surface area is 131 Å². The standard InChI is InChI=1S/C15H20Cl2O2P/c1-10(8-15(2,3)4)9-20(19)14(18)13-11(16)6-5-7-12(13)17/h5-7,10H,8-9H2,1-4H3/q+1. The number of benzene rings is 1. The van der Waals surface area contributed by atoms with E-state index in [0.29, 0.717) is 6.16 Å². The second kappa shape index (κ2) is 7.02. The van der Waals surface area contributed by atoms with E-state index in [1.165, 1.54) is 0 Å². The third-order valence-corrected chi connectivity index (χ3v) is 5.10. The molecule has 0 radical (unpaired) electrons. The SMILES string of the molecule is CC(C[P+](=O)C(=O)c1c(Cl)cccc1Cl)CC(C)(C)C. The number of rotatable bonds is 5. The summed E-state index contributed by atoms with van der Waals surface area (Å²) in [7, 11) is -2.00. The molecule has 0 N–H and O–H groups in total. The Kier molecular flexibility index (Phi) is 6.19. The minimum Gasteiger partial charge on any atom is -0.234 e. The molecule has 0 aliphatic heterocycles. The van der Waals surface area contributed by atoms with Crippen molar-refractivity contribution in [1.29, 1.82) is 0 Å². The first-order valence-electron chi connectivity index (χ1n) is 6.55. The summed E-state index contributed by atoms with van der Waals surface area (Å²) in [6.45, 7) is 8.40. The summed E-state index contributed by atoms with van der Waals surface area (Å²) in [4.78, 5) is 12.2. The van der Waals surface area contributed by atoms with Gasteiger partial charge in [0.2, 0.25) is 0 Å². The molecule has 20 heavy (non-hydrogen) atoms. The van der Waals surface area contributed by atoms with Crippen LogP contribution in [0.15, 0.2) is 18.2 Å². The molecule has 1 aromatic carbocycles. The van der Waals surface area contributed by atoms with Crippen LogP contribution in [0.5, 0.6) is 0 Å². The first-order valence-corrected chi connectivity index (χ1v) is 8.75. The second-order valence-corrected chi connectivity index (χ2v) is 8.68. The van der Waals surface area contributed by atoms with Gasteiger partial charge in [-0.3, -0.25) is 0 Å². The smallest absolute Gasteiger partial charge is 0.234 e. The molecule has 0 fully saturated rings. The Hall–Kier alpha value is -0.430. The average Bonchev–Trinajstić information content (AvgIpc) is 2.25. The van der Waals surface area contributed by atoms with Crippen LogP contribution in [0.1, 0.15) is 44.5 Å². The fraction of sp³-hybridized carbons (Fsp3) is 0.533. The first kappa shape index (κ1) is 17.6. The molecule has 2 nitrogen and oxygen atoms in total. The molecule has 0 aliphatic rings. The van der Waals surface area contributed by atoms with Crippen molar-refractivity contribution in [2.45, 2.75) is 34.1 Å². The van der Waals surface area contributed by atoms with Gasteiger partial charge in [0, 0.05) is 5.92 Å². The minimum atomic E-state index is -2.00. The van der Waals surface area contributed by atoms with Crippen LogP contribution in [-0.2, 0) is 4.57 Å². The summed E-state index contributed by atoms with van der Waals surface area (Å²) < 4.78 is 12.2. The van der Waals surface area contributed by atoms with E-state index in [1.807, 2.05) is 6.92 Å². The van der Waals surface area contributed by atoms with Gasteiger partial charge in [-0.15, -0.1) is 0 Å². The van der Waals surface area contributed by atoms with Gasteiger partial charge in [-0.2, -0.15) is 0 Å². The zero-order valence-electron chi connectivity index (χ0n) is 12.2. The van der Waals surface area contributed by atoms with E-state index in [-0.39, 0.29) is 26.9 Å². The van der Waals surface area contributed by atoms with Crippen LogP contribution in [-0.4, -0.2) is 11.7 Å². The highest BCUT2D eigenvalue weighted by Crippen LogP contribution is 2.38. The molecule has 0 bridgehead atoms. The van der Waals surface area contributed by atoms with Crippen molar-refractivity contribution >= 4 is 36.5 Å². The van der Waals surface area contributed by atoms with Gasteiger partial charge in [0.25, 0.3) is 0 Å². The van der Waals surface area contributed by atoms with Crippen LogP contribution in [0.3, 0.4) is 0 Å². The average molecular weight is 334 g/mol. The van der Waals surface area contributed by atoms with Crippen molar-refractivity contribution in [3.05, 3.63) is 33.8 Å². The van der Waals surface area contributed by atoms with Crippen LogP contribution in [0.2, 0.25) is 10.0 Å². The van der Waals surface area contributed by atoms with Crippen LogP contribution in [0.4, 0.5) is 0 Å².